The molecule has 0 aromatic heterocycles. The van der Waals surface area contributed by atoms with Crippen LogP contribution in [0, 0.1) is 0 Å². The lowest BCUT2D eigenvalue weighted by atomic mass is 10.2. The average molecular weight is 261 g/mol. The summed E-state index contributed by atoms with van der Waals surface area (Å²) in [5, 5.41) is 9.18. The second-order valence-electron chi connectivity index (χ2n) is 2.65. The number of hydrogen-bond acceptors (Lipinski definition) is 2. The maximum absolute atomic E-state index is 9.18. The summed E-state index contributed by atoms with van der Waals surface area (Å²) >= 11 is 2.26. The Kier molecular flexibility index (Phi) is 1.67. The molecule has 0 saturated carbocycles. The fourth-order valence-electron chi connectivity index (χ4n) is 1.33. The van der Waals surface area contributed by atoms with Gasteiger partial charge in [0, 0.05) is 12.6 Å². The maximum Gasteiger partial charge on any atom is 0.117 e. The molecule has 0 atom stereocenters. The van der Waals surface area contributed by atoms with E-state index in [9.17, 15) is 5.11 Å². The van der Waals surface area contributed by atoms with Crippen molar-refractivity contribution in [3.05, 3.63) is 23.8 Å². The summed E-state index contributed by atoms with van der Waals surface area (Å²) in [6.45, 7) is 1.05. The summed E-state index contributed by atoms with van der Waals surface area (Å²) in [6, 6.07) is 5.55. The van der Waals surface area contributed by atoms with E-state index in [0.29, 0.717) is 5.75 Å². The molecule has 0 bridgehead atoms. The van der Waals surface area contributed by atoms with Gasteiger partial charge in [0.25, 0.3) is 0 Å². The molecule has 0 radical (unpaired) electrons. The minimum atomic E-state index is 0.354. The van der Waals surface area contributed by atoms with E-state index >= 15 is 0 Å². The van der Waals surface area contributed by atoms with E-state index in [1.54, 1.807) is 6.07 Å². The van der Waals surface area contributed by atoms with E-state index in [0.717, 1.165) is 18.7 Å². The van der Waals surface area contributed by atoms with Crippen LogP contribution in [0.3, 0.4) is 0 Å². The van der Waals surface area contributed by atoms with Gasteiger partial charge in [-0.1, -0.05) is 6.07 Å². The van der Waals surface area contributed by atoms with Gasteiger partial charge in [-0.15, -0.1) is 0 Å². The number of halogens is 1. The molecule has 1 aliphatic heterocycles. The zero-order valence-electron chi connectivity index (χ0n) is 5.92. The van der Waals surface area contributed by atoms with Crippen LogP contribution in [0.1, 0.15) is 5.56 Å². The number of phenolic OH excluding ortho intramolecular Hbond substituents is 1. The summed E-state index contributed by atoms with van der Waals surface area (Å²) in [5.74, 6) is 0.354. The number of benzene rings is 1. The molecule has 0 saturated heterocycles. The molecule has 58 valence electrons. The van der Waals surface area contributed by atoms with Crippen molar-refractivity contribution >= 4 is 28.6 Å². The SMILES string of the molecule is Oc1ccc2c(c1)N(I)CC2. The van der Waals surface area contributed by atoms with E-state index in [1.807, 2.05) is 12.1 Å². The van der Waals surface area contributed by atoms with Gasteiger partial charge in [-0.05, 0) is 18.1 Å². The molecule has 0 amide bonds. The van der Waals surface area contributed by atoms with Crippen molar-refractivity contribution in [2.24, 2.45) is 0 Å². The van der Waals surface area contributed by atoms with Gasteiger partial charge in [-0.25, -0.2) is 0 Å². The van der Waals surface area contributed by atoms with Gasteiger partial charge >= 0.3 is 0 Å². The minimum absolute atomic E-state index is 0.354. The largest absolute Gasteiger partial charge is 0.508 e. The van der Waals surface area contributed by atoms with Crippen molar-refractivity contribution in [3.63, 3.8) is 0 Å². The third-order valence-corrected chi connectivity index (χ3v) is 2.91. The number of fused-ring (bicyclic) bond motifs is 1. The molecule has 2 rings (SSSR count). The number of anilines is 1. The topological polar surface area (TPSA) is 23.5 Å². The molecule has 11 heavy (non-hydrogen) atoms. The zero-order valence-corrected chi connectivity index (χ0v) is 8.08. The summed E-state index contributed by atoms with van der Waals surface area (Å²) in [7, 11) is 0. The van der Waals surface area contributed by atoms with Gasteiger partial charge in [0.1, 0.15) is 5.75 Å². The van der Waals surface area contributed by atoms with Crippen molar-refractivity contribution in [2.45, 2.75) is 6.42 Å². The molecule has 1 aromatic rings. The number of hydrogen-bond donors (Lipinski definition) is 1. The Morgan fingerprint density at radius 2 is 2.27 bits per heavy atom. The second kappa shape index (κ2) is 2.55. The fourth-order valence-corrected chi connectivity index (χ4v) is 2.02. The second-order valence-corrected chi connectivity index (χ2v) is 3.81. The molecular weight excluding hydrogens is 253 g/mol. The molecule has 1 heterocycles. The van der Waals surface area contributed by atoms with E-state index in [4.69, 9.17) is 0 Å². The Bertz CT molecular complexity index is 287. The first kappa shape index (κ1) is 7.21. The highest BCUT2D eigenvalue weighted by atomic mass is 127. The normalized spacial score (nSPS) is 15.2. The molecule has 0 aliphatic carbocycles. The van der Waals surface area contributed by atoms with Gasteiger partial charge in [-0.2, -0.15) is 0 Å². The first-order valence-corrected chi connectivity index (χ1v) is 4.49. The van der Waals surface area contributed by atoms with E-state index in [1.165, 1.54) is 5.56 Å². The Labute approximate surface area is 79.3 Å². The van der Waals surface area contributed by atoms with Crippen LogP contribution in [0.15, 0.2) is 18.2 Å². The van der Waals surface area contributed by atoms with Gasteiger partial charge in [0.05, 0.1) is 28.6 Å². The summed E-state index contributed by atoms with van der Waals surface area (Å²) in [5.41, 5.74) is 2.49. The zero-order chi connectivity index (χ0) is 7.84. The van der Waals surface area contributed by atoms with Crippen LogP contribution in [-0.2, 0) is 6.42 Å². The highest BCUT2D eigenvalue weighted by Crippen LogP contribution is 2.33. The van der Waals surface area contributed by atoms with Crippen LogP contribution in [0.4, 0.5) is 5.69 Å². The molecule has 3 heteroatoms. The number of nitrogens with zero attached hydrogens (tertiary/aromatic N) is 1. The maximum atomic E-state index is 9.18. The third kappa shape index (κ3) is 1.17. The van der Waals surface area contributed by atoms with Gasteiger partial charge in [0.15, 0.2) is 0 Å². The lowest BCUT2D eigenvalue weighted by molar-refractivity contribution is 0.475. The molecule has 0 fully saturated rings. The van der Waals surface area contributed by atoms with E-state index in [2.05, 4.69) is 26.0 Å². The Morgan fingerprint density at radius 3 is 3.09 bits per heavy atom. The highest BCUT2D eigenvalue weighted by molar-refractivity contribution is 14.1. The van der Waals surface area contributed by atoms with Crippen molar-refractivity contribution < 1.29 is 5.11 Å². The first-order valence-electron chi connectivity index (χ1n) is 3.52. The first-order chi connectivity index (χ1) is 5.27. The van der Waals surface area contributed by atoms with Crippen molar-refractivity contribution in [1.29, 1.82) is 0 Å². The van der Waals surface area contributed by atoms with E-state index in [-0.39, 0.29) is 0 Å². The lowest BCUT2D eigenvalue weighted by Gasteiger charge is -2.08. The van der Waals surface area contributed by atoms with Gasteiger partial charge < -0.3 is 8.22 Å². The molecule has 0 spiro atoms. The quantitative estimate of drug-likeness (QED) is 0.571. The molecule has 0 unspecified atom stereocenters. The van der Waals surface area contributed by atoms with E-state index < -0.39 is 0 Å². The Hall–Kier alpha value is -0.450. The number of phenols is 1. The van der Waals surface area contributed by atoms with Crippen molar-refractivity contribution in [2.75, 3.05) is 9.66 Å². The van der Waals surface area contributed by atoms with Crippen LogP contribution in [0.25, 0.3) is 0 Å². The summed E-state index contributed by atoms with van der Waals surface area (Å²) < 4.78 is 2.13. The van der Waals surface area contributed by atoms with Gasteiger partial charge in [-0.3, -0.25) is 0 Å². The summed E-state index contributed by atoms with van der Waals surface area (Å²) in [4.78, 5) is 0. The fraction of sp³-hybridized carbons (Fsp3) is 0.250. The number of aromatic hydroxyl groups is 1. The van der Waals surface area contributed by atoms with Crippen molar-refractivity contribution in [3.8, 4) is 5.75 Å². The standard InChI is InChI=1S/C8H8INO/c9-10-4-3-6-1-2-7(11)5-8(6)10/h1-2,5,11H,3-4H2. The van der Waals surface area contributed by atoms with Crippen LogP contribution < -0.4 is 3.11 Å². The Balaban J connectivity index is 2.52. The van der Waals surface area contributed by atoms with Crippen LogP contribution in [0.2, 0.25) is 0 Å². The average Bonchev–Trinajstić information content (AvgIpc) is 2.33. The molecule has 2 nitrogen and oxygen atoms in total. The smallest absolute Gasteiger partial charge is 0.117 e. The highest BCUT2D eigenvalue weighted by Gasteiger charge is 2.16. The number of rotatable bonds is 0. The van der Waals surface area contributed by atoms with Crippen LogP contribution in [0.5, 0.6) is 5.75 Å². The molecular formula is C8H8INO. The van der Waals surface area contributed by atoms with Gasteiger partial charge in [0.2, 0.25) is 0 Å². The van der Waals surface area contributed by atoms with Crippen molar-refractivity contribution in [1.82, 2.24) is 0 Å². The predicted molar refractivity (Wildman–Crippen MR) is 53.2 cm³/mol. The minimum Gasteiger partial charge on any atom is -0.508 e. The molecule has 1 aliphatic rings. The predicted octanol–water partition coefficient (Wildman–Crippen LogP) is 2.10. The third-order valence-electron chi connectivity index (χ3n) is 1.91. The lowest BCUT2D eigenvalue weighted by Crippen LogP contribution is -2.02. The monoisotopic (exact) mass is 261 g/mol. The molecule has 1 N–H and O–H groups in total. The van der Waals surface area contributed by atoms with Crippen LogP contribution >= 0.6 is 22.9 Å². The van der Waals surface area contributed by atoms with Crippen LogP contribution in [-0.4, -0.2) is 11.7 Å². The Morgan fingerprint density at radius 1 is 1.45 bits per heavy atom. The summed E-state index contributed by atoms with van der Waals surface area (Å²) in [6.07, 6.45) is 1.10. The molecule has 1 aromatic carbocycles.